The molecule has 10 nitrogen and oxygen atoms in total. The summed E-state index contributed by atoms with van der Waals surface area (Å²) in [6.45, 7) is 3.94. The second-order valence-corrected chi connectivity index (χ2v) is 11.3. The number of hydrogen-bond acceptors (Lipinski definition) is 8. The zero-order chi connectivity index (χ0) is 26.3. The molecule has 2 aromatic rings. The van der Waals surface area contributed by atoms with Crippen molar-refractivity contribution in [1.82, 2.24) is 19.6 Å². The van der Waals surface area contributed by atoms with E-state index in [9.17, 15) is 13.2 Å². The normalized spacial score (nSPS) is 15.8. The predicted octanol–water partition coefficient (Wildman–Crippen LogP) is 2.38. The number of ether oxygens (including phenoxy) is 1. The molecule has 0 spiro atoms. The monoisotopic (exact) mass is 534 g/mol. The highest BCUT2D eigenvalue weighted by Crippen LogP contribution is 2.32. The number of hydrogen-bond donors (Lipinski definition) is 2. The Morgan fingerprint density at radius 2 is 2.03 bits per heavy atom. The highest BCUT2D eigenvalue weighted by atomic mass is 35.5. The molecule has 1 aliphatic rings. The molecule has 1 saturated heterocycles. The average Bonchev–Trinajstić information content (AvgIpc) is 2.85. The maximum absolute atomic E-state index is 12.5. The summed E-state index contributed by atoms with van der Waals surface area (Å²) in [6, 6.07) is 5.62. The summed E-state index contributed by atoms with van der Waals surface area (Å²) < 4.78 is 30.4. The van der Waals surface area contributed by atoms with Gasteiger partial charge in [-0.05, 0) is 56.3 Å². The van der Waals surface area contributed by atoms with Crippen molar-refractivity contribution in [3.63, 3.8) is 0 Å². The van der Waals surface area contributed by atoms with E-state index in [4.69, 9.17) is 21.6 Å². The lowest BCUT2D eigenvalue weighted by molar-refractivity contribution is -0.115. The number of nitriles is 1. The smallest absolute Gasteiger partial charge is 0.230 e. The standard InChI is InChI=1S/C24H31ClN6O4S/c1-16(17-5-8-31(9-6-17)36(3,33)34)27-7-4-18-10-23(35-2)22(12-21(18)25)30-24(32)11-19-14-29-20(13-26)15-28-19/h10,12,14-17,27H,4-9,11H2,1-3H3,(H,30,32)/t16-/m0/s1. The summed E-state index contributed by atoms with van der Waals surface area (Å²) in [5.74, 6) is 0.592. The lowest BCUT2D eigenvalue weighted by Gasteiger charge is -2.34. The number of carbonyl (C=O) groups is 1. The van der Waals surface area contributed by atoms with Crippen molar-refractivity contribution in [3.05, 3.63) is 46.5 Å². The molecule has 3 rings (SSSR count). The highest BCUT2D eigenvalue weighted by molar-refractivity contribution is 7.88. The SMILES string of the molecule is COc1cc(CCN[C@@H](C)C2CCN(S(C)(=O)=O)CC2)c(Cl)cc1NC(=O)Cc1cnc(C#N)cn1. The third-order valence-electron chi connectivity index (χ3n) is 6.34. The van der Waals surface area contributed by atoms with Gasteiger partial charge in [0, 0.05) is 24.2 Å². The quantitative estimate of drug-likeness (QED) is 0.474. The van der Waals surface area contributed by atoms with Gasteiger partial charge in [0.05, 0.1) is 43.6 Å². The van der Waals surface area contributed by atoms with Gasteiger partial charge in [-0.2, -0.15) is 5.26 Å². The molecule has 0 radical (unpaired) electrons. The summed E-state index contributed by atoms with van der Waals surface area (Å²) in [5, 5.41) is 15.6. The van der Waals surface area contributed by atoms with Gasteiger partial charge in [0.2, 0.25) is 15.9 Å². The summed E-state index contributed by atoms with van der Waals surface area (Å²) in [5.41, 5.74) is 1.97. The van der Waals surface area contributed by atoms with Gasteiger partial charge in [-0.15, -0.1) is 0 Å². The van der Waals surface area contributed by atoms with E-state index in [1.54, 1.807) is 10.4 Å². The largest absolute Gasteiger partial charge is 0.495 e. The van der Waals surface area contributed by atoms with Crippen LogP contribution in [0.4, 0.5) is 5.69 Å². The molecule has 1 amide bonds. The van der Waals surface area contributed by atoms with Crippen LogP contribution in [0.15, 0.2) is 24.5 Å². The van der Waals surface area contributed by atoms with Gasteiger partial charge in [-0.3, -0.25) is 9.78 Å². The minimum Gasteiger partial charge on any atom is -0.495 e. The van der Waals surface area contributed by atoms with E-state index < -0.39 is 10.0 Å². The van der Waals surface area contributed by atoms with Gasteiger partial charge < -0.3 is 15.4 Å². The van der Waals surface area contributed by atoms with Crippen molar-refractivity contribution in [2.24, 2.45) is 5.92 Å². The Balaban J connectivity index is 1.53. The molecule has 1 aromatic heterocycles. The van der Waals surface area contributed by atoms with Crippen LogP contribution in [-0.4, -0.2) is 67.6 Å². The fourth-order valence-electron chi connectivity index (χ4n) is 4.22. The zero-order valence-corrected chi connectivity index (χ0v) is 22.2. The number of aromatic nitrogens is 2. The molecule has 0 unspecified atom stereocenters. The van der Waals surface area contributed by atoms with Crippen molar-refractivity contribution < 1.29 is 17.9 Å². The van der Waals surface area contributed by atoms with Crippen LogP contribution in [0.1, 0.15) is 36.7 Å². The highest BCUT2D eigenvalue weighted by Gasteiger charge is 2.27. The first kappa shape index (κ1) is 27.8. The van der Waals surface area contributed by atoms with Crippen molar-refractivity contribution >= 4 is 33.2 Å². The van der Waals surface area contributed by atoms with Crippen LogP contribution in [-0.2, 0) is 27.7 Å². The van der Waals surface area contributed by atoms with Gasteiger partial charge in [0.25, 0.3) is 0 Å². The first-order valence-electron chi connectivity index (χ1n) is 11.7. The Morgan fingerprint density at radius 3 is 2.61 bits per heavy atom. The molecule has 12 heteroatoms. The van der Waals surface area contributed by atoms with Gasteiger partial charge in [0.1, 0.15) is 11.8 Å². The summed E-state index contributed by atoms with van der Waals surface area (Å²) in [4.78, 5) is 20.5. The van der Waals surface area contributed by atoms with Crippen molar-refractivity contribution in [2.45, 2.75) is 38.6 Å². The maximum atomic E-state index is 12.5. The van der Waals surface area contributed by atoms with E-state index in [2.05, 4.69) is 27.5 Å². The molecule has 1 aliphatic heterocycles. The number of amides is 1. The molecule has 0 saturated carbocycles. The number of nitrogens with one attached hydrogen (secondary N) is 2. The van der Waals surface area contributed by atoms with E-state index in [1.165, 1.54) is 25.8 Å². The molecular formula is C24H31ClN6O4S. The fraction of sp³-hybridized carbons (Fsp3) is 0.500. The third kappa shape index (κ3) is 7.61. The van der Waals surface area contributed by atoms with E-state index >= 15 is 0 Å². The first-order valence-corrected chi connectivity index (χ1v) is 13.9. The molecule has 2 N–H and O–H groups in total. The Morgan fingerprint density at radius 1 is 1.31 bits per heavy atom. The first-order chi connectivity index (χ1) is 17.1. The van der Waals surface area contributed by atoms with Gasteiger partial charge in [-0.25, -0.2) is 17.7 Å². The lowest BCUT2D eigenvalue weighted by Crippen LogP contribution is -2.44. The van der Waals surface area contributed by atoms with E-state index in [0.29, 0.717) is 54.1 Å². The number of methoxy groups -OCH3 is 1. The fourth-order valence-corrected chi connectivity index (χ4v) is 5.36. The van der Waals surface area contributed by atoms with Gasteiger partial charge in [0.15, 0.2) is 5.69 Å². The number of carbonyl (C=O) groups excluding carboxylic acids is 1. The minimum absolute atomic E-state index is 0.00778. The van der Waals surface area contributed by atoms with Gasteiger partial charge in [-0.1, -0.05) is 11.6 Å². The number of piperidine rings is 1. The lowest BCUT2D eigenvalue weighted by atomic mass is 9.91. The van der Waals surface area contributed by atoms with Crippen molar-refractivity contribution in [1.29, 1.82) is 5.26 Å². The molecule has 1 atom stereocenters. The average molecular weight is 535 g/mol. The van der Waals surface area contributed by atoms with Crippen LogP contribution in [0.3, 0.4) is 0 Å². The molecule has 0 aliphatic carbocycles. The van der Waals surface area contributed by atoms with Crippen LogP contribution >= 0.6 is 11.6 Å². The number of nitrogens with zero attached hydrogens (tertiary/aromatic N) is 4. The number of halogens is 1. The number of rotatable bonds is 10. The van der Waals surface area contributed by atoms with Crippen molar-refractivity contribution in [2.75, 3.05) is 38.3 Å². The van der Waals surface area contributed by atoms with Crippen LogP contribution < -0.4 is 15.4 Å². The topological polar surface area (TPSA) is 137 Å². The number of anilines is 1. The summed E-state index contributed by atoms with van der Waals surface area (Å²) in [7, 11) is -1.60. The zero-order valence-electron chi connectivity index (χ0n) is 20.6. The molecule has 0 bridgehead atoms. The molecule has 194 valence electrons. The number of benzene rings is 1. The maximum Gasteiger partial charge on any atom is 0.230 e. The molecule has 36 heavy (non-hydrogen) atoms. The molecular weight excluding hydrogens is 504 g/mol. The third-order valence-corrected chi connectivity index (χ3v) is 7.99. The summed E-state index contributed by atoms with van der Waals surface area (Å²) in [6.07, 6.45) is 6.30. The van der Waals surface area contributed by atoms with E-state index in [-0.39, 0.29) is 24.1 Å². The second kappa shape index (κ2) is 12.5. The van der Waals surface area contributed by atoms with E-state index in [0.717, 1.165) is 18.4 Å². The summed E-state index contributed by atoms with van der Waals surface area (Å²) >= 11 is 6.51. The Hall–Kier alpha value is -2.78. The van der Waals surface area contributed by atoms with Crippen LogP contribution in [0.25, 0.3) is 0 Å². The number of sulfonamides is 1. The molecule has 1 fully saturated rings. The molecule has 1 aromatic carbocycles. The van der Waals surface area contributed by atoms with Gasteiger partial charge >= 0.3 is 0 Å². The molecule has 2 heterocycles. The second-order valence-electron chi connectivity index (χ2n) is 8.87. The Labute approximate surface area is 217 Å². The minimum atomic E-state index is -3.13. The van der Waals surface area contributed by atoms with Crippen LogP contribution in [0.2, 0.25) is 5.02 Å². The van der Waals surface area contributed by atoms with Crippen LogP contribution in [0, 0.1) is 17.2 Å². The Bertz CT molecular complexity index is 1210. The van der Waals surface area contributed by atoms with Crippen LogP contribution in [0.5, 0.6) is 5.75 Å². The Kier molecular flexibility index (Phi) is 9.62. The van der Waals surface area contributed by atoms with Crippen molar-refractivity contribution in [3.8, 4) is 11.8 Å². The van der Waals surface area contributed by atoms with E-state index in [1.807, 2.05) is 12.1 Å². The predicted molar refractivity (Wildman–Crippen MR) is 137 cm³/mol.